The van der Waals surface area contributed by atoms with Crippen LogP contribution < -0.4 is 20.5 Å². The molecule has 6 heteroatoms. The van der Waals surface area contributed by atoms with Gasteiger partial charge in [-0.3, -0.25) is 0 Å². The van der Waals surface area contributed by atoms with E-state index in [2.05, 4.69) is 11.4 Å². The maximum Gasteiger partial charge on any atom is 0.161 e. The molecule has 0 spiro atoms. The van der Waals surface area contributed by atoms with Crippen molar-refractivity contribution in [2.75, 3.05) is 20.8 Å². The summed E-state index contributed by atoms with van der Waals surface area (Å²) in [4.78, 5) is 0.0811. The Bertz CT molecular complexity index is 632. The van der Waals surface area contributed by atoms with Gasteiger partial charge >= 0.3 is 0 Å². The highest BCUT2D eigenvalue weighted by Crippen LogP contribution is 2.35. The first-order valence-electron chi connectivity index (χ1n) is 6.05. The number of rotatable bonds is 3. The third-order valence-corrected chi connectivity index (χ3v) is 3.39. The van der Waals surface area contributed by atoms with Crippen LogP contribution in [0.1, 0.15) is 11.1 Å². The number of benzene rings is 1. The highest BCUT2D eigenvalue weighted by molar-refractivity contribution is 7.80. The minimum absolute atomic E-state index is 0.0811. The fourth-order valence-electron chi connectivity index (χ4n) is 2.24. The number of nitrogens with one attached hydrogen (secondary N) is 1. The standard InChI is InChI=1S/C14H15N3O2S/c1-18-11-5-8-3-4-17-13(10(7-15)14(16)20)9(8)6-12(11)19-2/h5-6,17H,3-4H2,1-2H3,(H2,16,20). The van der Waals surface area contributed by atoms with Gasteiger partial charge in [0.1, 0.15) is 16.6 Å². The number of thiocarbonyl (C=S) groups is 1. The van der Waals surface area contributed by atoms with E-state index in [-0.39, 0.29) is 10.6 Å². The second kappa shape index (κ2) is 5.80. The Morgan fingerprint density at radius 2 is 2.00 bits per heavy atom. The lowest BCUT2D eigenvalue weighted by Crippen LogP contribution is -2.27. The molecule has 0 saturated carbocycles. The van der Waals surface area contributed by atoms with Crippen LogP contribution in [0, 0.1) is 11.3 Å². The van der Waals surface area contributed by atoms with Gasteiger partial charge in [-0.2, -0.15) is 5.26 Å². The minimum Gasteiger partial charge on any atom is -0.493 e. The SMILES string of the molecule is COc1cc2c(cc1OC)C(=C(C#N)C(N)=S)NCC2. The fraction of sp³-hybridized carbons (Fsp3) is 0.286. The first kappa shape index (κ1) is 14.2. The van der Waals surface area contributed by atoms with Gasteiger partial charge in [-0.1, -0.05) is 12.2 Å². The number of hydrogen-bond acceptors (Lipinski definition) is 5. The Labute approximate surface area is 123 Å². The van der Waals surface area contributed by atoms with Gasteiger partial charge in [0, 0.05) is 12.1 Å². The molecule has 0 aromatic heterocycles. The summed E-state index contributed by atoms with van der Waals surface area (Å²) >= 11 is 4.94. The van der Waals surface area contributed by atoms with E-state index in [1.807, 2.05) is 12.1 Å². The molecular weight excluding hydrogens is 274 g/mol. The lowest BCUT2D eigenvalue weighted by molar-refractivity contribution is 0.354. The number of nitriles is 1. The molecule has 1 heterocycles. The predicted molar refractivity (Wildman–Crippen MR) is 80.6 cm³/mol. The van der Waals surface area contributed by atoms with Crippen molar-refractivity contribution in [3.05, 3.63) is 28.8 Å². The highest BCUT2D eigenvalue weighted by Gasteiger charge is 2.21. The zero-order chi connectivity index (χ0) is 14.7. The average Bonchev–Trinajstić information content (AvgIpc) is 2.46. The molecule has 0 radical (unpaired) electrons. The zero-order valence-electron chi connectivity index (χ0n) is 11.3. The number of fused-ring (bicyclic) bond motifs is 1. The van der Waals surface area contributed by atoms with E-state index in [9.17, 15) is 5.26 Å². The lowest BCUT2D eigenvalue weighted by Gasteiger charge is -2.24. The van der Waals surface area contributed by atoms with Crippen LogP contribution in [-0.2, 0) is 6.42 Å². The van der Waals surface area contributed by atoms with Gasteiger partial charge < -0.3 is 20.5 Å². The van der Waals surface area contributed by atoms with Crippen LogP contribution in [0.2, 0.25) is 0 Å². The molecule has 0 amide bonds. The molecule has 3 N–H and O–H groups in total. The number of hydrogen-bond donors (Lipinski definition) is 2. The van der Waals surface area contributed by atoms with E-state index in [1.54, 1.807) is 14.2 Å². The van der Waals surface area contributed by atoms with Crippen LogP contribution in [0.25, 0.3) is 5.70 Å². The van der Waals surface area contributed by atoms with Crippen LogP contribution >= 0.6 is 12.2 Å². The van der Waals surface area contributed by atoms with E-state index in [0.717, 1.165) is 17.5 Å². The van der Waals surface area contributed by atoms with Crippen molar-refractivity contribution in [3.63, 3.8) is 0 Å². The molecule has 2 rings (SSSR count). The Morgan fingerprint density at radius 3 is 2.55 bits per heavy atom. The Balaban J connectivity index is 2.68. The number of nitrogens with zero attached hydrogens (tertiary/aromatic N) is 1. The largest absolute Gasteiger partial charge is 0.493 e. The summed E-state index contributed by atoms with van der Waals surface area (Å²) in [6.07, 6.45) is 0.829. The summed E-state index contributed by atoms with van der Waals surface area (Å²) in [5.41, 5.74) is 8.50. The van der Waals surface area contributed by atoms with Crippen molar-refractivity contribution >= 4 is 22.9 Å². The zero-order valence-corrected chi connectivity index (χ0v) is 12.1. The minimum atomic E-state index is 0.0811. The molecule has 0 unspecified atom stereocenters. The first-order valence-corrected chi connectivity index (χ1v) is 6.46. The van der Waals surface area contributed by atoms with E-state index in [4.69, 9.17) is 27.4 Å². The molecule has 104 valence electrons. The number of methoxy groups -OCH3 is 2. The van der Waals surface area contributed by atoms with Crippen molar-refractivity contribution in [1.82, 2.24) is 5.32 Å². The van der Waals surface area contributed by atoms with Gasteiger partial charge in [-0.25, -0.2) is 0 Å². The summed E-state index contributed by atoms with van der Waals surface area (Å²) in [5.74, 6) is 1.27. The Kier molecular flexibility index (Phi) is 4.11. The third-order valence-electron chi connectivity index (χ3n) is 3.18. The summed E-state index contributed by atoms with van der Waals surface area (Å²) in [6, 6.07) is 5.82. The van der Waals surface area contributed by atoms with Gasteiger partial charge in [-0.15, -0.1) is 0 Å². The van der Waals surface area contributed by atoms with Crippen molar-refractivity contribution in [2.45, 2.75) is 6.42 Å². The maximum atomic E-state index is 9.23. The molecule has 0 atom stereocenters. The van der Waals surface area contributed by atoms with Gasteiger partial charge in [0.2, 0.25) is 0 Å². The number of nitrogens with two attached hydrogens (primary N) is 1. The smallest absolute Gasteiger partial charge is 0.161 e. The molecule has 0 fully saturated rings. The topological polar surface area (TPSA) is 80.3 Å². The Morgan fingerprint density at radius 1 is 1.35 bits per heavy atom. The van der Waals surface area contributed by atoms with E-state index >= 15 is 0 Å². The van der Waals surface area contributed by atoms with Gasteiger partial charge in [0.05, 0.1) is 19.9 Å². The summed E-state index contributed by atoms with van der Waals surface area (Å²) < 4.78 is 10.6. The van der Waals surface area contributed by atoms with Gasteiger partial charge in [0.15, 0.2) is 11.5 Å². The van der Waals surface area contributed by atoms with Crippen LogP contribution in [0.3, 0.4) is 0 Å². The molecule has 1 aromatic rings. The molecule has 1 aliphatic heterocycles. The second-order valence-corrected chi connectivity index (χ2v) is 4.71. The van der Waals surface area contributed by atoms with Crippen molar-refractivity contribution in [1.29, 1.82) is 5.26 Å². The molecule has 0 saturated heterocycles. The second-order valence-electron chi connectivity index (χ2n) is 4.27. The molecule has 0 aliphatic carbocycles. The summed E-state index contributed by atoms with van der Waals surface area (Å²) in [7, 11) is 3.17. The van der Waals surface area contributed by atoms with Crippen molar-refractivity contribution in [3.8, 4) is 17.6 Å². The van der Waals surface area contributed by atoms with Crippen molar-refractivity contribution < 1.29 is 9.47 Å². The number of ether oxygens (including phenoxy) is 2. The predicted octanol–water partition coefficient (Wildman–Crippen LogP) is 1.37. The molecule has 5 nitrogen and oxygen atoms in total. The molecular formula is C14H15N3O2S. The van der Waals surface area contributed by atoms with E-state index in [1.165, 1.54) is 0 Å². The lowest BCUT2D eigenvalue weighted by atomic mass is 9.94. The molecule has 1 aromatic carbocycles. The van der Waals surface area contributed by atoms with Crippen LogP contribution in [0.15, 0.2) is 17.7 Å². The molecule has 20 heavy (non-hydrogen) atoms. The first-order chi connectivity index (χ1) is 9.62. The fourth-order valence-corrected chi connectivity index (χ4v) is 2.38. The monoisotopic (exact) mass is 289 g/mol. The van der Waals surface area contributed by atoms with Crippen LogP contribution in [0.4, 0.5) is 0 Å². The average molecular weight is 289 g/mol. The highest BCUT2D eigenvalue weighted by atomic mass is 32.1. The van der Waals surface area contributed by atoms with Crippen LogP contribution in [0.5, 0.6) is 11.5 Å². The molecule has 1 aliphatic rings. The Hall–Kier alpha value is -2.26. The van der Waals surface area contributed by atoms with E-state index in [0.29, 0.717) is 23.7 Å². The summed E-state index contributed by atoms with van der Waals surface area (Å²) in [6.45, 7) is 0.714. The van der Waals surface area contributed by atoms with Gasteiger partial charge in [-0.05, 0) is 24.1 Å². The quantitative estimate of drug-likeness (QED) is 0.497. The third kappa shape index (κ3) is 2.40. The summed E-state index contributed by atoms with van der Waals surface area (Å²) in [5, 5.41) is 12.4. The maximum absolute atomic E-state index is 9.23. The van der Waals surface area contributed by atoms with E-state index < -0.39 is 0 Å². The van der Waals surface area contributed by atoms with Crippen LogP contribution in [-0.4, -0.2) is 25.8 Å². The van der Waals surface area contributed by atoms with Crippen molar-refractivity contribution in [2.24, 2.45) is 5.73 Å². The normalized spacial score (nSPS) is 15.4. The van der Waals surface area contributed by atoms with Gasteiger partial charge in [0.25, 0.3) is 0 Å². The molecule has 0 bridgehead atoms.